The van der Waals surface area contributed by atoms with E-state index in [9.17, 15) is 4.79 Å². The van der Waals surface area contributed by atoms with Gasteiger partial charge in [0, 0.05) is 32.6 Å². The first kappa shape index (κ1) is 13.8. The van der Waals surface area contributed by atoms with Gasteiger partial charge in [0.05, 0.1) is 5.25 Å². The van der Waals surface area contributed by atoms with Gasteiger partial charge in [0.1, 0.15) is 5.82 Å². The molecule has 1 fully saturated rings. The van der Waals surface area contributed by atoms with Gasteiger partial charge >= 0.3 is 0 Å². The number of hydrogen-bond donors (Lipinski definition) is 1. The van der Waals surface area contributed by atoms with Gasteiger partial charge in [-0.15, -0.1) is 0 Å². The van der Waals surface area contributed by atoms with Crippen molar-refractivity contribution in [2.24, 2.45) is 0 Å². The molecule has 5 nitrogen and oxygen atoms in total. The Morgan fingerprint density at radius 3 is 2.89 bits per heavy atom. The van der Waals surface area contributed by atoms with Gasteiger partial charge in [-0.1, -0.05) is 18.7 Å². The fraction of sp³-hybridized carbons (Fsp3) is 0.727. The number of carbonyl (C=O) groups excluding carboxylic acids is 1. The lowest BCUT2D eigenvalue weighted by atomic mass is 10.3. The van der Waals surface area contributed by atoms with E-state index in [0.717, 1.165) is 42.8 Å². The maximum Gasteiger partial charge on any atom is 0.235 e. The first-order valence-corrected chi connectivity index (χ1v) is 7.84. The third-order valence-electron chi connectivity index (χ3n) is 2.82. The molecule has 1 saturated heterocycles. The van der Waals surface area contributed by atoms with Gasteiger partial charge in [0.2, 0.25) is 5.91 Å². The lowest BCUT2D eigenvalue weighted by molar-refractivity contribution is -0.130. The summed E-state index contributed by atoms with van der Waals surface area (Å²) in [6.07, 6.45) is 0.844. The Kier molecular flexibility index (Phi) is 4.96. The predicted molar refractivity (Wildman–Crippen MR) is 74.1 cm³/mol. The molecule has 18 heavy (non-hydrogen) atoms. The zero-order valence-electron chi connectivity index (χ0n) is 10.7. The second kappa shape index (κ2) is 6.49. The number of hydrogen-bond acceptors (Lipinski definition) is 6. The van der Waals surface area contributed by atoms with E-state index in [1.807, 2.05) is 18.7 Å². The van der Waals surface area contributed by atoms with Gasteiger partial charge in [-0.05, 0) is 18.5 Å². The summed E-state index contributed by atoms with van der Waals surface area (Å²) in [5.74, 6) is 1.07. The fourth-order valence-corrected chi connectivity index (χ4v) is 3.70. The third kappa shape index (κ3) is 3.43. The molecule has 100 valence electrons. The van der Waals surface area contributed by atoms with E-state index >= 15 is 0 Å². The predicted octanol–water partition coefficient (Wildman–Crippen LogP) is 1.01. The number of nitrogens with one attached hydrogen (secondary N) is 1. The highest BCUT2D eigenvalue weighted by Gasteiger charge is 2.23. The summed E-state index contributed by atoms with van der Waals surface area (Å²) in [5.41, 5.74) is 0. The van der Waals surface area contributed by atoms with Crippen molar-refractivity contribution in [1.82, 2.24) is 19.6 Å². The second-order valence-corrected chi connectivity index (χ2v) is 6.51. The second-order valence-electron chi connectivity index (χ2n) is 4.17. The molecule has 0 saturated carbocycles. The zero-order chi connectivity index (χ0) is 13.0. The van der Waals surface area contributed by atoms with Gasteiger partial charge in [0.25, 0.3) is 0 Å². The Bertz CT molecular complexity index is 404. The molecule has 0 aliphatic carbocycles. The van der Waals surface area contributed by atoms with E-state index < -0.39 is 0 Å². The van der Waals surface area contributed by atoms with Crippen molar-refractivity contribution in [2.45, 2.75) is 29.9 Å². The van der Waals surface area contributed by atoms with E-state index in [4.69, 9.17) is 0 Å². The van der Waals surface area contributed by atoms with Crippen LogP contribution in [0.4, 0.5) is 0 Å². The maximum absolute atomic E-state index is 12.2. The van der Waals surface area contributed by atoms with Crippen LogP contribution in [0.2, 0.25) is 0 Å². The van der Waals surface area contributed by atoms with Crippen LogP contribution in [0.25, 0.3) is 0 Å². The van der Waals surface area contributed by atoms with E-state index in [2.05, 4.69) is 14.7 Å². The number of thioether (sulfide) groups is 1. The lowest BCUT2D eigenvalue weighted by Crippen LogP contribution is -2.48. The van der Waals surface area contributed by atoms with Crippen molar-refractivity contribution < 1.29 is 4.79 Å². The maximum atomic E-state index is 12.2. The van der Waals surface area contributed by atoms with Crippen LogP contribution in [0.15, 0.2) is 4.34 Å². The minimum absolute atomic E-state index is 0.0826. The molecule has 0 aromatic carbocycles. The Labute approximate surface area is 116 Å². The van der Waals surface area contributed by atoms with Gasteiger partial charge in [-0.25, -0.2) is 4.98 Å². The Hall–Kier alpha value is -0.660. The summed E-state index contributed by atoms with van der Waals surface area (Å²) in [5, 5.41) is 3.17. The first-order chi connectivity index (χ1) is 8.70. The van der Waals surface area contributed by atoms with Crippen molar-refractivity contribution in [3.05, 3.63) is 5.82 Å². The van der Waals surface area contributed by atoms with Crippen LogP contribution >= 0.6 is 23.3 Å². The SMILES string of the molecule is CCc1nsc(SC(C)C(=O)N2CCNCC2)n1. The highest BCUT2D eigenvalue weighted by atomic mass is 32.2. The van der Waals surface area contributed by atoms with Gasteiger partial charge in [-0.2, -0.15) is 4.37 Å². The van der Waals surface area contributed by atoms with Crippen molar-refractivity contribution in [3.8, 4) is 0 Å². The van der Waals surface area contributed by atoms with Crippen LogP contribution in [0.5, 0.6) is 0 Å². The number of nitrogens with zero attached hydrogens (tertiary/aromatic N) is 3. The lowest BCUT2D eigenvalue weighted by Gasteiger charge is -2.29. The Balaban J connectivity index is 1.89. The van der Waals surface area contributed by atoms with Gasteiger partial charge in [0.15, 0.2) is 4.34 Å². The monoisotopic (exact) mass is 286 g/mol. The van der Waals surface area contributed by atoms with Crippen LogP contribution in [-0.4, -0.2) is 51.6 Å². The summed E-state index contributed by atoms with van der Waals surface area (Å²) in [7, 11) is 0. The average molecular weight is 286 g/mol. The number of amides is 1. The number of rotatable bonds is 4. The van der Waals surface area contributed by atoms with E-state index in [0.29, 0.717) is 0 Å². The number of carbonyl (C=O) groups is 1. The van der Waals surface area contributed by atoms with E-state index in [1.165, 1.54) is 23.3 Å². The van der Waals surface area contributed by atoms with E-state index in [-0.39, 0.29) is 11.2 Å². The normalized spacial score (nSPS) is 17.8. The van der Waals surface area contributed by atoms with Crippen LogP contribution in [-0.2, 0) is 11.2 Å². The molecule has 1 aromatic heterocycles. The molecule has 0 spiro atoms. The van der Waals surface area contributed by atoms with Crippen molar-refractivity contribution >= 4 is 29.2 Å². The minimum atomic E-state index is -0.0826. The topological polar surface area (TPSA) is 58.1 Å². The van der Waals surface area contributed by atoms with Crippen LogP contribution < -0.4 is 5.32 Å². The molecule has 1 atom stereocenters. The van der Waals surface area contributed by atoms with Crippen LogP contribution in [0.3, 0.4) is 0 Å². The quantitative estimate of drug-likeness (QED) is 0.837. The molecule has 1 aromatic rings. The Morgan fingerprint density at radius 2 is 2.28 bits per heavy atom. The average Bonchev–Trinajstić information content (AvgIpc) is 2.86. The zero-order valence-corrected chi connectivity index (χ0v) is 12.3. The molecular formula is C11H18N4OS2. The molecule has 7 heteroatoms. The van der Waals surface area contributed by atoms with Crippen molar-refractivity contribution in [3.63, 3.8) is 0 Å². The van der Waals surface area contributed by atoms with Crippen LogP contribution in [0, 0.1) is 0 Å². The largest absolute Gasteiger partial charge is 0.339 e. The Morgan fingerprint density at radius 1 is 1.56 bits per heavy atom. The summed E-state index contributed by atoms with van der Waals surface area (Å²) >= 11 is 2.90. The summed E-state index contributed by atoms with van der Waals surface area (Å²) in [4.78, 5) is 18.5. The molecule has 1 aliphatic heterocycles. The fourth-order valence-electron chi connectivity index (χ4n) is 1.77. The molecular weight excluding hydrogens is 268 g/mol. The van der Waals surface area contributed by atoms with Crippen molar-refractivity contribution in [1.29, 1.82) is 0 Å². The molecule has 1 N–H and O–H groups in total. The molecule has 1 aliphatic rings. The molecule has 1 unspecified atom stereocenters. The summed E-state index contributed by atoms with van der Waals surface area (Å²) in [6.45, 7) is 7.37. The van der Waals surface area contributed by atoms with E-state index in [1.54, 1.807) is 0 Å². The first-order valence-electron chi connectivity index (χ1n) is 6.19. The van der Waals surface area contributed by atoms with Crippen molar-refractivity contribution in [2.75, 3.05) is 26.2 Å². The third-order valence-corrected chi connectivity index (χ3v) is 4.73. The molecule has 0 radical (unpaired) electrons. The van der Waals surface area contributed by atoms with Gasteiger partial charge in [-0.3, -0.25) is 4.79 Å². The van der Waals surface area contributed by atoms with Crippen LogP contribution in [0.1, 0.15) is 19.7 Å². The minimum Gasteiger partial charge on any atom is -0.339 e. The molecule has 1 amide bonds. The highest BCUT2D eigenvalue weighted by Crippen LogP contribution is 2.26. The summed E-state index contributed by atoms with van der Waals surface area (Å²) < 4.78 is 5.13. The molecule has 2 rings (SSSR count). The smallest absolute Gasteiger partial charge is 0.235 e. The number of aryl methyl sites for hydroxylation is 1. The highest BCUT2D eigenvalue weighted by molar-refractivity contribution is 8.02. The molecule has 2 heterocycles. The number of piperazine rings is 1. The van der Waals surface area contributed by atoms with Gasteiger partial charge < -0.3 is 10.2 Å². The molecule has 0 bridgehead atoms. The standard InChI is InChI=1S/C11H18N4OS2/c1-3-9-13-11(18-14-9)17-8(2)10(16)15-6-4-12-5-7-15/h8,12H,3-7H2,1-2H3. The summed E-state index contributed by atoms with van der Waals surface area (Å²) in [6, 6.07) is 0. The number of aromatic nitrogens is 2.